The molecule has 1 rings (SSSR count). The van der Waals surface area contributed by atoms with Gasteiger partial charge in [0.1, 0.15) is 5.75 Å². The number of aliphatic hydroxyl groups is 1. The molecule has 1 aromatic rings. The van der Waals surface area contributed by atoms with E-state index < -0.39 is 0 Å². The zero-order valence-electron chi connectivity index (χ0n) is 10.8. The molecule has 19 heavy (non-hydrogen) atoms. The predicted octanol–water partition coefficient (Wildman–Crippen LogP) is 0.163. The van der Waals surface area contributed by atoms with Gasteiger partial charge in [-0.25, -0.2) is 0 Å². The van der Waals surface area contributed by atoms with Crippen LogP contribution in [0.4, 0.5) is 5.69 Å². The molecule has 0 atom stereocenters. The lowest BCUT2D eigenvalue weighted by Crippen LogP contribution is -2.28. The van der Waals surface area contributed by atoms with Crippen molar-refractivity contribution in [3.05, 3.63) is 24.3 Å². The van der Waals surface area contributed by atoms with E-state index >= 15 is 0 Å². The summed E-state index contributed by atoms with van der Waals surface area (Å²) in [5.74, 6) is 0.551. The van der Waals surface area contributed by atoms with Gasteiger partial charge in [-0.2, -0.15) is 0 Å². The van der Waals surface area contributed by atoms with E-state index in [1.807, 2.05) is 0 Å². The number of rotatable bonds is 9. The molecule has 6 nitrogen and oxygen atoms in total. The van der Waals surface area contributed by atoms with Crippen molar-refractivity contribution in [2.75, 3.05) is 38.7 Å². The fourth-order valence-electron chi connectivity index (χ4n) is 1.38. The summed E-state index contributed by atoms with van der Waals surface area (Å²) in [6, 6.07) is 7.06. The van der Waals surface area contributed by atoms with Crippen molar-refractivity contribution in [1.29, 1.82) is 0 Å². The van der Waals surface area contributed by atoms with E-state index in [1.165, 1.54) is 0 Å². The van der Waals surface area contributed by atoms with E-state index in [4.69, 9.17) is 20.3 Å². The predicted molar refractivity (Wildman–Crippen MR) is 71.9 cm³/mol. The number of hydrogen-bond acceptors (Lipinski definition) is 5. The first kappa shape index (κ1) is 15.3. The number of carbonyl (C=O) groups is 1. The third-order valence-corrected chi connectivity index (χ3v) is 2.26. The molecule has 0 radical (unpaired) electrons. The molecule has 1 aromatic carbocycles. The highest BCUT2D eigenvalue weighted by atomic mass is 16.5. The van der Waals surface area contributed by atoms with Crippen LogP contribution in [0.3, 0.4) is 0 Å². The van der Waals surface area contributed by atoms with Gasteiger partial charge in [0.15, 0.2) is 0 Å². The van der Waals surface area contributed by atoms with Crippen molar-refractivity contribution in [2.24, 2.45) is 0 Å². The number of benzene rings is 1. The van der Waals surface area contributed by atoms with Crippen LogP contribution in [0.1, 0.15) is 6.42 Å². The number of nitrogens with one attached hydrogen (secondary N) is 1. The summed E-state index contributed by atoms with van der Waals surface area (Å²) < 4.78 is 10.4. The van der Waals surface area contributed by atoms with E-state index in [-0.39, 0.29) is 25.5 Å². The van der Waals surface area contributed by atoms with Gasteiger partial charge in [-0.3, -0.25) is 4.79 Å². The second-order valence-electron chi connectivity index (χ2n) is 3.86. The first-order chi connectivity index (χ1) is 9.22. The quantitative estimate of drug-likeness (QED) is 0.438. The zero-order valence-corrected chi connectivity index (χ0v) is 10.8. The van der Waals surface area contributed by atoms with Crippen LogP contribution in [0.25, 0.3) is 0 Å². The largest absolute Gasteiger partial charge is 0.493 e. The molecule has 106 valence electrons. The minimum atomic E-state index is -0.100. The van der Waals surface area contributed by atoms with E-state index in [1.54, 1.807) is 24.3 Å². The molecule has 1 amide bonds. The molecule has 0 heterocycles. The highest BCUT2D eigenvalue weighted by Crippen LogP contribution is 2.14. The summed E-state index contributed by atoms with van der Waals surface area (Å²) in [5.41, 5.74) is 6.23. The lowest BCUT2D eigenvalue weighted by molar-refractivity contribution is -0.121. The highest BCUT2D eigenvalue weighted by molar-refractivity contribution is 5.75. The fourth-order valence-corrected chi connectivity index (χ4v) is 1.38. The zero-order chi connectivity index (χ0) is 13.9. The number of anilines is 1. The van der Waals surface area contributed by atoms with Gasteiger partial charge in [-0.15, -0.1) is 0 Å². The van der Waals surface area contributed by atoms with Gasteiger partial charge in [0.25, 0.3) is 0 Å². The van der Waals surface area contributed by atoms with Crippen LogP contribution in [0.5, 0.6) is 5.75 Å². The van der Waals surface area contributed by atoms with Gasteiger partial charge < -0.3 is 25.6 Å². The standard InChI is InChI=1S/C13H20N2O4/c14-11-2-1-3-12(10-11)19-7-4-13(17)15-5-8-18-9-6-16/h1-3,10,16H,4-9,14H2,(H,15,17). The Hall–Kier alpha value is -1.79. The van der Waals surface area contributed by atoms with Crippen LogP contribution in [-0.4, -0.2) is 44.0 Å². The maximum Gasteiger partial charge on any atom is 0.223 e. The molecular formula is C13H20N2O4. The average molecular weight is 268 g/mol. The Labute approximate surface area is 112 Å². The normalized spacial score (nSPS) is 10.2. The number of aliphatic hydroxyl groups excluding tert-OH is 1. The molecule has 4 N–H and O–H groups in total. The molecule has 0 aliphatic heterocycles. The highest BCUT2D eigenvalue weighted by Gasteiger charge is 2.01. The first-order valence-corrected chi connectivity index (χ1v) is 6.16. The fraction of sp³-hybridized carbons (Fsp3) is 0.462. The number of ether oxygens (including phenoxy) is 2. The van der Waals surface area contributed by atoms with Crippen molar-refractivity contribution in [3.8, 4) is 5.75 Å². The number of nitrogen functional groups attached to an aromatic ring is 1. The third-order valence-electron chi connectivity index (χ3n) is 2.26. The molecule has 0 unspecified atom stereocenters. The van der Waals surface area contributed by atoms with Crippen molar-refractivity contribution < 1.29 is 19.4 Å². The Kier molecular flexibility index (Phi) is 7.38. The van der Waals surface area contributed by atoms with Crippen LogP contribution in [0.2, 0.25) is 0 Å². The second-order valence-corrected chi connectivity index (χ2v) is 3.86. The molecule has 0 aliphatic rings. The van der Waals surface area contributed by atoms with Crippen molar-refractivity contribution in [1.82, 2.24) is 5.32 Å². The smallest absolute Gasteiger partial charge is 0.223 e. The topological polar surface area (TPSA) is 93.8 Å². The number of hydrogen-bond donors (Lipinski definition) is 3. The number of amides is 1. The van der Waals surface area contributed by atoms with Gasteiger partial charge >= 0.3 is 0 Å². The van der Waals surface area contributed by atoms with Crippen molar-refractivity contribution in [3.63, 3.8) is 0 Å². The Balaban J connectivity index is 2.07. The minimum Gasteiger partial charge on any atom is -0.493 e. The summed E-state index contributed by atoms with van der Waals surface area (Å²) >= 11 is 0. The maximum absolute atomic E-state index is 11.4. The van der Waals surface area contributed by atoms with Gasteiger partial charge in [0, 0.05) is 18.3 Å². The van der Waals surface area contributed by atoms with E-state index in [0.717, 1.165) is 0 Å². The molecule has 0 aromatic heterocycles. The lowest BCUT2D eigenvalue weighted by Gasteiger charge is -2.08. The molecular weight excluding hydrogens is 248 g/mol. The average Bonchev–Trinajstić information content (AvgIpc) is 2.38. The molecule has 0 bridgehead atoms. The van der Waals surface area contributed by atoms with Crippen LogP contribution < -0.4 is 15.8 Å². The van der Waals surface area contributed by atoms with E-state index in [0.29, 0.717) is 31.2 Å². The van der Waals surface area contributed by atoms with Crippen LogP contribution in [0.15, 0.2) is 24.3 Å². The molecule has 0 spiro atoms. The number of nitrogens with two attached hydrogens (primary N) is 1. The van der Waals surface area contributed by atoms with E-state index in [9.17, 15) is 4.79 Å². The van der Waals surface area contributed by atoms with Crippen LogP contribution in [-0.2, 0) is 9.53 Å². The molecule has 0 saturated carbocycles. The summed E-state index contributed by atoms with van der Waals surface area (Å²) in [4.78, 5) is 11.4. The van der Waals surface area contributed by atoms with Crippen LogP contribution >= 0.6 is 0 Å². The van der Waals surface area contributed by atoms with Gasteiger partial charge in [0.05, 0.1) is 32.8 Å². The molecule has 0 aliphatic carbocycles. The number of carbonyl (C=O) groups excluding carboxylic acids is 1. The Morgan fingerprint density at radius 3 is 2.89 bits per heavy atom. The second kappa shape index (κ2) is 9.18. The van der Waals surface area contributed by atoms with E-state index in [2.05, 4.69) is 5.32 Å². The third kappa shape index (κ3) is 7.28. The van der Waals surface area contributed by atoms with Gasteiger partial charge in [0.2, 0.25) is 5.91 Å². The van der Waals surface area contributed by atoms with Gasteiger partial charge in [-0.1, -0.05) is 6.07 Å². The maximum atomic E-state index is 11.4. The van der Waals surface area contributed by atoms with Crippen LogP contribution in [0, 0.1) is 0 Å². The monoisotopic (exact) mass is 268 g/mol. The minimum absolute atomic E-state index is 0.0119. The summed E-state index contributed by atoms with van der Waals surface area (Å²) in [7, 11) is 0. The lowest BCUT2D eigenvalue weighted by atomic mass is 10.3. The summed E-state index contributed by atoms with van der Waals surface area (Å²) in [6.45, 7) is 1.39. The Morgan fingerprint density at radius 2 is 2.16 bits per heavy atom. The molecule has 0 saturated heterocycles. The SMILES string of the molecule is Nc1cccc(OCCC(=O)NCCOCCO)c1. The molecule has 0 fully saturated rings. The Bertz CT molecular complexity index is 385. The first-order valence-electron chi connectivity index (χ1n) is 6.16. The summed E-state index contributed by atoms with van der Waals surface area (Å²) in [6.07, 6.45) is 0.273. The summed E-state index contributed by atoms with van der Waals surface area (Å²) in [5, 5.41) is 11.2. The Morgan fingerprint density at radius 1 is 1.32 bits per heavy atom. The molecule has 6 heteroatoms. The van der Waals surface area contributed by atoms with Crippen molar-refractivity contribution in [2.45, 2.75) is 6.42 Å². The van der Waals surface area contributed by atoms with Gasteiger partial charge in [-0.05, 0) is 12.1 Å². The van der Waals surface area contributed by atoms with Crippen molar-refractivity contribution >= 4 is 11.6 Å².